The Hall–Kier alpha value is -1.81. The van der Waals surface area contributed by atoms with Crippen LogP contribution in [0.5, 0.6) is 5.75 Å². The van der Waals surface area contributed by atoms with Crippen LogP contribution in [-0.2, 0) is 13.2 Å². The van der Waals surface area contributed by atoms with Gasteiger partial charge in [-0.2, -0.15) is 0 Å². The van der Waals surface area contributed by atoms with Crippen LogP contribution in [0, 0.1) is 12.7 Å². The van der Waals surface area contributed by atoms with Gasteiger partial charge in [0.1, 0.15) is 23.9 Å². The van der Waals surface area contributed by atoms with E-state index in [0.717, 1.165) is 16.9 Å². The molecule has 1 aromatic heterocycles. The molecule has 2 aromatic rings. The first-order valence-corrected chi connectivity index (χ1v) is 6.74. The van der Waals surface area contributed by atoms with Crippen molar-refractivity contribution in [2.75, 3.05) is 0 Å². The summed E-state index contributed by atoms with van der Waals surface area (Å²) in [6.45, 7) is 7.08. The van der Waals surface area contributed by atoms with E-state index < -0.39 is 0 Å². The second-order valence-corrected chi connectivity index (χ2v) is 5.10. The topological polar surface area (TPSA) is 34.4 Å². The summed E-state index contributed by atoms with van der Waals surface area (Å²) in [4.78, 5) is 0. The summed E-state index contributed by atoms with van der Waals surface area (Å²) < 4.78 is 24.3. The fourth-order valence-corrected chi connectivity index (χ4v) is 1.83. The third kappa shape index (κ3) is 3.84. The van der Waals surface area contributed by atoms with Gasteiger partial charge in [-0.15, -0.1) is 0 Å². The van der Waals surface area contributed by atoms with E-state index in [9.17, 15) is 4.39 Å². The number of furan rings is 1. The number of hydrogen-bond donors (Lipinski definition) is 1. The van der Waals surface area contributed by atoms with E-state index in [1.807, 2.05) is 13.0 Å². The summed E-state index contributed by atoms with van der Waals surface area (Å²) in [6, 6.07) is 6.81. The Morgan fingerprint density at radius 1 is 1.30 bits per heavy atom. The van der Waals surface area contributed by atoms with Crippen molar-refractivity contribution < 1.29 is 13.5 Å². The van der Waals surface area contributed by atoms with Crippen molar-refractivity contribution >= 4 is 0 Å². The first-order valence-electron chi connectivity index (χ1n) is 6.74. The van der Waals surface area contributed by atoms with Gasteiger partial charge in [0.15, 0.2) is 0 Å². The van der Waals surface area contributed by atoms with Crippen molar-refractivity contribution in [1.82, 2.24) is 5.32 Å². The molecular formula is C16H20FNO2. The molecule has 0 aliphatic carbocycles. The predicted octanol–water partition coefficient (Wildman–Crippen LogP) is 3.80. The highest BCUT2D eigenvalue weighted by Crippen LogP contribution is 2.21. The maximum atomic E-state index is 13.2. The molecule has 0 spiro atoms. The van der Waals surface area contributed by atoms with Crippen LogP contribution < -0.4 is 10.1 Å². The smallest absolute Gasteiger partial charge is 0.126 e. The van der Waals surface area contributed by atoms with Gasteiger partial charge in [-0.25, -0.2) is 4.39 Å². The van der Waals surface area contributed by atoms with Crippen molar-refractivity contribution in [1.29, 1.82) is 0 Å². The lowest BCUT2D eigenvalue weighted by Gasteiger charge is -2.10. The molecule has 4 heteroatoms. The molecule has 0 fully saturated rings. The zero-order chi connectivity index (χ0) is 14.5. The summed E-state index contributed by atoms with van der Waals surface area (Å²) >= 11 is 0. The fourth-order valence-electron chi connectivity index (χ4n) is 1.83. The molecule has 20 heavy (non-hydrogen) atoms. The van der Waals surface area contributed by atoms with Crippen LogP contribution in [0.25, 0.3) is 0 Å². The summed E-state index contributed by atoms with van der Waals surface area (Å²) in [5.41, 5.74) is 1.89. The average molecular weight is 277 g/mol. The number of benzene rings is 1. The standard InChI is InChI=1S/C16H20FNO2/c1-11(2)18-9-16-13(6-7-19-16)10-20-15-8-14(17)5-4-12(15)3/h4-8,11,18H,9-10H2,1-3H3. The van der Waals surface area contributed by atoms with Crippen molar-refractivity contribution in [2.24, 2.45) is 0 Å². The molecule has 1 heterocycles. The van der Waals surface area contributed by atoms with Gasteiger partial charge in [-0.3, -0.25) is 0 Å². The van der Waals surface area contributed by atoms with Crippen molar-refractivity contribution in [2.45, 2.75) is 40.0 Å². The molecule has 1 N–H and O–H groups in total. The van der Waals surface area contributed by atoms with E-state index in [2.05, 4.69) is 19.2 Å². The molecule has 0 unspecified atom stereocenters. The second-order valence-electron chi connectivity index (χ2n) is 5.10. The van der Waals surface area contributed by atoms with Crippen LogP contribution in [0.15, 0.2) is 34.9 Å². The number of rotatable bonds is 6. The van der Waals surface area contributed by atoms with Gasteiger partial charge in [0.05, 0.1) is 12.8 Å². The highest BCUT2D eigenvalue weighted by atomic mass is 19.1. The number of halogens is 1. The molecular weight excluding hydrogens is 257 g/mol. The quantitative estimate of drug-likeness (QED) is 0.872. The predicted molar refractivity (Wildman–Crippen MR) is 76.2 cm³/mol. The van der Waals surface area contributed by atoms with Crippen LogP contribution >= 0.6 is 0 Å². The lowest BCUT2D eigenvalue weighted by molar-refractivity contribution is 0.297. The Morgan fingerprint density at radius 3 is 2.85 bits per heavy atom. The fraction of sp³-hybridized carbons (Fsp3) is 0.375. The van der Waals surface area contributed by atoms with Crippen molar-refractivity contribution in [3.63, 3.8) is 0 Å². The largest absolute Gasteiger partial charge is 0.488 e. The minimum Gasteiger partial charge on any atom is -0.488 e. The van der Waals surface area contributed by atoms with E-state index in [1.165, 1.54) is 12.1 Å². The van der Waals surface area contributed by atoms with E-state index in [-0.39, 0.29) is 5.82 Å². The first-order chi connectivity index (χ1) is 9.56. The van der Waals surface area contributed by atoms with E-state index in [0.29, 0.717) is 24.9 Å². The third-order valence-electron chi connectivity index (χ3n) is 3.04. The maximum absolute atomic E-state index is 13.2. The van der Waals surface area contributed by atoms with Gasteiger partial charge in [0.25, 0.3) is 0 Å². The highest BCUT2D eigenvalue weighted by molar-refractivity contribution is 5.33. The molecule has 0 aliphatic heterocycles. The normalized spacial score (nSPS) is 11.1. The van der Waals surface area contributed by atoms with Crippen LogP contribution in [0.2, 0.25) is 0 Å². The Bertz CT molecular complexity index is 563. The van der Waals surface area contributed by atoms with E-state index >= 15 is 0 Å². The maximum Gasteiger partial charge on any atom is 0.126 e. The summed E-state index contributed by atoms with van der Waals surface area (Å²) in [5, 5.41) is 3.30. The molecule has 0 saturated carbocycles. The Morgan fingerprint density at radius 2 is 2.10 bits per heavy atom. The summed E-state index contributed by atoms with van der Waals surface area (Å²) in [7, 11) is 0. The molecule has 0 aliphatic rings. The molecule has 0 amide bonds. The molecule has 0 saturated heterocycles. The Balaban J connectivity index is 2.00. The molecule has 3 nitrogen and oxygen atoms in total. The zero-order valence-corrected chi connectivity index (χ0v) is 12.1. The van der Waals surface area contributed by atoms with Crippen LogP contribution in [-0.4, -0.2) is 6.04 Å². The minimum atomic E-state index is -0.292. The Kier molecular flexibility index (Phi) is 4.79. The Labute approximate surface area is 118 Å². The monoisotopic (exact) mass is 277 g/mol. The third-order valence-corrected chi connectivity index (χ3v) is 3.04. The molecule has 108 valence electrons. The van der Waals surface area contributed by atoms with E-state index in [4.69, 9.17) is 9.15 Å². The number of nitrogens with one attached hydrogen (secondary N) is 1. The van der Waals surface area contributed by atoms with Gasteiger partial charge in [-0.1, -0.05) is 19.9 Å². The van der Waals surface area contributed by atoms with Crippen LogP contribution in [0.4, 0.5) is 4.39 Å². The van der Waals surface area contributed by atoms with E-state index in [1.54, 1.807) is 12.3 Å². The number of ether oxygens (including phenoxy) is 1. The van der Waals surface area contributed by atoms with Crippen molar-refractivity contribution in [3.8, 4) is 5.75 Å². The van der Waals surface area contributed by atoms with Crippen LogP contribution in [0.3, 0.4) is 0 Å². The molecule has 0 bridgehead atoms. The summed E-state index contributed by atoms with van der Waals surface area (Å²) in [6.07, 6.45) is 1.65. The van der Waals surface area contributed by atoms with Crippen LogP contribution in [0.1, 0.15) is 30.7 Å². The van der Waals surface area contributed by atoms with Gasteiger partial charge in [0.2, 0.25) is 0 Å². The molecule has 0 radical (unpaired) electrons. The SMILES string of the molecule is Cc1ccc(F)cc1OCc1ccoc1CNC(C)C. The average Bonchev–Trinajstić information content (AvgIpc) is 2.85. The van der Waals surface area contributed by atoms with Gasteiger partial charge >= 0.3 is 0 Å². The molecule has 1 aromatic carbocycles. The lowest BCUT2D eigenvalue weighted by Crippen LogP contribution is -2.22. The molecule has 0 atom stereocenters. The lowest BCUT2D eigenvalue weighted by atomic mass is 10.2. The second kappa shape index (κ2) is 6.57. The highest BCUT2D eigenvalue weighted by Gasteiger charge is 2.09. The zero-order valence-electron chi connectivity index (χ0n) is 12.1. The number of hydrogen-bond acceptors (Lipinski definition) is 3. The number of aryl methyl sites for hydroxylation is 1. The van der Waals surface area contributed by atoms with Gasteiger partial charge < -0.3 is 14.5 Å². The first kappa shape index (κ1) is 14.6. The minimum absolute atomic E-state index is 0.292. The summed E-state index contributed by atoms with van der Waals surface area (Å²) in [5.74, 6) is 1.13. The molecule has 2 rings (SSSR count). The van der Waals surface area contributed by atoms with Crippen molar-refractivity contribution in [3.05, 3.63) is 53.2 Å². The van der Waals surface area contributed by atoms with Gasteiger partial charge in [-0.05, 0) is 24.6 Å². The van der Waals surface area contributed by atoms with Gasteiger partial charge in [0, 0.05) is 17.7 Å².